The number of hydrogen-bond acceptors (Lipinski definition) is 6. The Hall–Kier alpha value is -4.37. The minimum absolute atomic E-state index is 0.0938. The standard InChI is InChI=1S/C32H33N3O5S/c1-32(2,3)24-7-14-29-28(20-24)35(41(37,38)27-12-10-26(39-4)11-13-27)21-30(40-29)31(36)34-25-8-5-22(6-9-25)19-23-15-17-33-18-16-23/h5-18,20,30H,19,21H2,1-4H3,(H,34,36). The van der Waals surface area contributed by atoms with E-state index in [9.17, 15) is 13.2 Å². The number of rotatable bonds is 7. The van der Waals surface area contributed by atoms with Crippen molar-refractivity contribution in [2.45, 2.75) is 43.6 Å². The Morgan fingerprint density at radius 1 is 0.976 bits per heavy atom. The minimum atomic E-state index is -4.02. The molecule has 1 unspecified atom stereocenters. The number of pyridine rings is 1. The molecule has 2 heterocycles. The normalized spacial score (nSPS) is 15.0. The average Bonchev–Trinajstić information content (AvgIpc) is 2.97. The molecule has 1 atom stereocenters. The topological polar surface area (TPSA) is 97.8 Å². The molecule has 41 heavy (non-hydrogen) atoms. The van der Waals surface area contributed by atoms with E-state index in [0.717, 1.165) is 23.1 Å². The fourth-order valence-corrected chi connectivity index (χ4v) is 6.09. The van der Waals surface area contributed by atoms with Gasteiger partial charge in [0.25, 0.3) is 15.9 Å². The summed E-state index contributed by atoms with van der Waals surface area (Å²) in [5.41, 5.74) is 3.95. The molecule has 1 aliphatic heterocycles. The average molecular weight is 572 g/mol. The number of amides is 1. The van der Waals surface area contributed by atoms with E-state index in [1.165, 1.54) is 23.5 Å². The van der Waals surface area contributed by atoms with Crippen LogP contribution in [0.25, 0.3) is 0 Å². The van der Waals surface area contributed by atoms with E-state index < -0.39 is 22.0 Å². The Morgan fingerprint density at radius 3 is 2.27 bits per heavy atom. The number of carbonyl (C=O) groups excluding carboxylic acids is 1. The number of anilines is 2. The fourth-order valence-electron chi connectivity index (χ4n) is 4.62. The third kappa shape index (κ3) is 6.20. The van der Waals surface area contributed by atoms with Gasteiger partial charge in [-0.25, -0.2) is 8.42 Å². The van der Waals surface area contributed by atoms with Crippen LogP contribution in [0.15, 0.2) is 96.2 Å². The summed E-state index contributed by atoms with van der Waals surface area (Å²) >= 11 is 0. The third-order valence-corrected chi connectivity index (χ3v) is 8.81. The van der Waals surface area contributed by atoms with Crippen molar-refractivity contribution >= 4 is 27.3 Å². The molecule has 0 saturated heterocycles. The first-order valence-corrected chi connectivity index (χ1v) is 14.8. The highest BCUT2D eigenvalue weighted by molar-refractivity contribution is 7.92. The molecule has 1 aromatic heterocycles. The maximum absolute atomic E-state index is 13.9. The number of sulfonamides is 1. The Balaban J connectivity index is 1.41. The second kappa shape index (κ2) is 11.2. The largest absolute Gasteiger partial charge is 0.497 e. The number of methoxy groups -OCH3 is 1. The summed E-state index contributed by atoms with van der Waals surface area (Å²) < 4.78 is 40.4. The van der Waals surface area contributed by atoms with Crippen molar-refractivity contribution in [3.63, 3.8) is 0 Å². The van der Waals surface area contributed by atoms with Crippen molar-refractivity contribution in [1.82, 2.24) is 4.98 Å². The molecule has 1 aliphatic rings. The van der Waals surface area contributed by atoms with Gasteiger partial charge in [-0.1, -0.05) is 39.0 Å². The zero-order valence-electron chi connectivity index (χ0n) is 23.5. The Kier molecular flexibility index (Phi) is 7.73. The van der Waals surface area contributed by atoms with Crippen LogP contribution in [0.5, 0.6) is 11.5 Å². The Bertz CT molecular complexity index is 1630. The van der Waals surface area contributed by atoms with E-state index in [2.05, 4.69) is 31.1 Å². The van der Waals surface area contributed by atoms with Gasteiger partial charge in [0.2, 0.25) is 0 Å². The van der Waals surface area contributed by atoms with Gasteiger partial charge in [-0.2, -0.15) is 0 Å². The predicted molar refractivity (Wildman–Crippen MR) is 159 cm³/mol. The Labute approximate surface area is 241 Å². The molecule has 0 fully saturated rings. The van der Waals surface area contributed by atoms with Gasteiger partial charge in [0.05, 0.1) is 24.2 Å². The lowest BCUT2D eigenvalue weighted by Crippen LogP contribution is -2.49. The lowest BCUT2D eigenvalue weighted by molar-refractivity contribution is -0.122. The van der Waals surface area contributed by atoms with Crippen LogP contribution in [0.4, 0.5) is 11.4 Å². The molecule has 9 heteroatoms. The number of aromatic nitrogens is 1. The molecule has 0 aliphatic carbocycles. The van der Waals surface area contributed by atoms with Crippen LogP contribution in [0.1, 0.15) is 37.5 Å². The van der Waals surface area contributed by atoms with E-state index in [1.54, 1.807) is 30.6 Å². The zero-order valence-corrected chi connectivity index (χ0v) is 24.3. The molecular weight excluding hydrogens is 538 g/mol. The molecule has 4 aromatic rings. The highest BCUT2D eigenvalue weighted by atomic mass is 32.2. The van der Waals surface area contributed by atoms with Crippen LogP contribution in [0.3, 0.4) is 0 Å². The van der Waals surface area contributed by atoms with Gasteiger partial charge in [-0.15, -0.1) is 0 Å². The number of carbonyl (C=O) groups is 1. The maximum atomic E-state index is 13.9. The summed E-state index contributed by atoms with van der Waals surface area (Å²) in [7, 11) is -2.50. The molecule has 1 amide bonds. The predicted octanol–water partition coefficient (Wildman–Crippen LogP) is 5.57. The lowest BCUT2D eigenvalue weighted by Gasteiger charge is -2.36. The SMILES string of the molecule is COc1ccc(S(=O)(=O)N2CC(C(=O)Nc3ccc(Cc4ccncc4)cc3)Oc3ccc(C(C)(C)C)cc32)cc1. The monoisotopic (exact) mass is 571 g/mol. The van der Waals surface area contributed by atoms with E-state index in [4.69, 9.17) is 9.47 Å². The zero-order chi connectivity index (χ0) is 29.2. The van der Waals surface area contributed by atoms with Crippen molar-refractivity contribution in [3.05, 3.63) is 108 Å². The van der Waals surface area contributed by atoms with Crippen molar-refractivity contribution in [2.24, 2.45) is 0 Å². The lowest BCUT2D eigenvalue weighted by atomic mass is 9.86. The number of benzene rings is 3. The van der Waals surface area contributed by atoms with Crippen molar-refractivity contribution < 1.29 is 22.7 Å². The summed E-state index contributed by atoms with van der Waals surface area (Å²) in [5, 5.41) is 2.88. The van der Waals surface area contributed by atoms with Crippen LogP contribution < -0.4 is 19.1 Å². The second-order valence-electron chi connectivity index (χ2n) is 11.0. The van der Waals surface area contributed by atoms with Gasteiger partial charge in [0.1, 0.15) is 11.5 Å². The van der Waals surface area contributed by atoms with E-state index in [1.807, 2.05) is 48.5 Å². The van der Waals surface area contributed by atoms with E-state index >= 15 is 0 Å². The molecule has 3 aromatic carbocycles. The molecule has 1 N–H and O–H groups in total. The molecular formula is C32H33N3O5S. The van der Waals surface area contributed by atoms with Crippen molar-refractivity contribution in [2.75, 3.05) is 23.3 Å². The van der Waals surface area contributed by atoms with Gasteiger partial charge in [-0.3, -0.25) is 14.1 Å². The summed E-state index contributed by atoms with van der Waals surface area (Å²) in [5.74, 6) is 0.437. The first-order valence-electron chi connectivity index (χ1n) is 13.3. The Morgan fingerprint density at radius 2 is 1.63 bits per heavy atom. The third-order valence-electron chi connectivity index (χ3n) is 7.01. The molecule has 0 radical (unpaired) electrons. The van der Waals surface area contributed by atoms with Gasteiger partial charge >= 0.3 is 0 Å². The molecule has 5 rings (SSSR count). The molecule has 0 saturated carbocycles. The van der Waals surface area contributed by atoms with Crippen LogP contribution in [0.2, 0.25) is 0 Å². The van der Waals surface area contributed by atoms with Gasteiger partial charge in [0.15, 0.2) is 6.10 Å². The van der Waals surface area contributed by atoms with Crippen LogP contribution >= 0.6 is 0 Å². The summed E-state index contributed by atoms with van der Waals surface area (Å²) in [6, 6.07) is 23.1. The second-order valence-corrected chi connectivity index (χ2v) is 12.8. The molecule has 212 valence electrons. The molecule has 0 bridgehead atoms. The van der Waals surface area contributed by atoms with Crippen molar-refractivity contribution in [3.8, 4) is 11.5 Å². The fraction of sp³-hybridized carbons (Fsp3) is 0.250. The van der Waals surface area contributed by atoms with Gasteiger partial charge < -0.3 is 14.8 Å². The highest BCUT2D eigenvalue weighted by Crippen LogP contribution is 2.40. The molecule has 8 nitrogen and oxygen atoms in total. The van der Waals surface area contributed by atoms with Crippen molar-refractivity contribution in [1.29, 1.82) is 0 Å². The quantitative estimate of drug-likeness (QED) is 0.311. The van der Waals surface area contributed by atoms with E-state index in [-0.39, 0.29) is 16.9 Å². The van der Waals surface area contributed by atoms with Crippen LogP contribution in [0, 0.1) is 0 Å². The minimum Gasteiger partial charge on any atom is -0.497 e. The number of nitrogens with one attached hydrogen (secondary N) is 1. The maximum Gasteiger partial charge on any atom is 0.267 e. The number of nitrogens with zero attached hydrogens (tertiary/aromatic N) is 2. The number of fused-ring (bicyclic) bond motifs is 1. The summed E-state index contributed by atoms with van der Waals surface area (Å²) in [6.45, 7) is 5.98. The van der Waals surface area contributed by atoms with Crippen LogP contribution in [-0.4, -0.2) is 39.1 Å². The van der Waals surface area contributed by atoms with E-state index in [0.29, 0.717) is 22.9 Å². The first-order chi connectivity index (χ1) is 19.5. The summed E-state index contributed by atoms with van der Waals surface area (Å²) in [4.78, 5) is 17.5. The molecule has 0 spiro atoms. The smallest absolute Gasteiger partial charge is 0.267 e. The van der Waals surface area contributed by atoms with Gasteiger partial charge in [-0.05, 0) is 89.2 Å². The van der Waals surface area contributed by atoms with Gasteiger partial charge in [0, 0.05) is 18.1 Å². The highest BCUT2D eigenvalue weighted by Gasteiger charge is 2.38. The first kappa shape index (κ1) is 28.2. The van der Waals surface area contributed by atoms with Crippen LogP contribution in [-0.2, 0) is 26.7 Å². The number of hydrogen-bond donors (Lipinski definition) is 1. The number of ether oxygens (including phenoxy) is 2. The summed E-state index contributed by atoms with van der Waals surface area (Å²) in [6.07, 6.45) is 3.20.